The van der Waals surface area contributed by atoms with Crippen LogP contribution >= 0.6 is 0 Å². The van der Waals surface area contributed by atoms with Crippen LogP contribution < -0.4 is 25.0 Å². The van der Waals surface area contributed by atoms with E-state index in [0.29, 0.717) is 30.4 Å². The van der Waals surface area contributed by atoms with Gasteiger partial charge in [0.25, 0.3) is 0 Å². The summed E-state index contributed by atoms with van der Waals surface area (Å²) in [6.45, 7) is 5.08. The molecule has 3 aliphatic rings. The average molecular weight is 430 g/mol. The Morgan fingerprint density at radius 2 is 1.81 bits per heavy atom. The molecule has 3 amide bonds. The van der Waals surface area contributed by atoms with Crippen LogP contribution in [0.2, 0.25) is 0 Å². The van der Waals surface area contributed by atoms with E-state index in [1.165, 1.54) is 0 Å². The first-order chi connectivity index (χ1) is 14.9. The van der Waals surface area contributed by atoms with Crippen molar-refractivity contribution in [2.75, 3.05) is 24.7 Å². The van der Waals surface area contributed by atoms with E-state index in [9.17, 15) is 14.4 Å². The first-order valence-electron chi connectivity index (χ1n) is 11.2. The molecule has 2 fully saturated rings. The van der Waals surface area contributed by atoms with Crippen LogP contribution in [-0.4, -0.2) is 49.6 Å². The molecule has 1 saturated carbocycles. The van der Waals surface area contributed by atoms with E-state index in [1.807, 2.05) is 13.8 Å². The van der Waals surface area contributed by atoms with Gasteiger partial charge < -0.3 is 25.0 Å². The summed E-state index contributed by atoms with van der Waals surface area (Å²) >= 11 is 0. The monoisotopic (exact) mass is 429 g/mol. The van der Waals surface area contributed by atoms with Gasteiger partial charge in [-0.2, -0.15) is 0 Å². The Labute approximate surface area is 182 Å². The van der Waals surface area contributed by atoms with E-state index in [0.717, 1.165) is 25.7 Å². The predicted octanol–water partition coefficient (Wildman–Crippen LogP) is 2.01. The van der Waals surface area contributed by atoms with Crippen LogP contribution in [0.15, 0.2) is 18.2 Å². The predicted molar refractivity (Wildman–Crippen MR) is 115 cm³/mol. The second kappa shape index (κ2) is 9.16. The number of amides is 3. The van der Waals surface area contributed by atoms with Crippen LogP contribution in [0.1, 0.15) is 46.0 Å². The lowest BCUT2D eigenvalue weighted by Gasteiger charge is -2.25. The number of ether oxygens (including phenoxy) is 2. The van der Waals surface area contributed by atoms with Crippen LogP contribution in [0, 0.1) is 11.8 Å². The third-order valence-corrected chi connectivity index (χ3v) is 6.28. The number of hydrogen-bond acceptors (Lipinski definition) is 5. The fourth-order valence-electron chi connectivity index (χ4n) is 4.50. The minimum atomic E-state index is -0.605. The molecule has 1 aliphatic carbocycles. The van der Waals surface area contributed by atoms with Gasteiger partial charge in [-0.1, -0.05) is 26.7 Å². The van der Waals surface area contributed by atoms with Crippen molar-refractivity contribution < 1.29 is 23.9 Å². The van der Waals surface area contributed by atoms with Gasteiger partial charge in [-0.05, 0) is 30.9 Å². The topological polar surface area (TPSA) is 97.0 Å². The van der Waals surface area contributed by atoms with E-state index < -0.39 is 12.0 Å². The van der Waals surface area contributed by atoms with Crippen LogP contribution in [0.25, 0.3) is 0 Å². The number of hydrogen-bond donors (Lipinski definition) is 2. The maximum Gasteiger partial charge on any atom is 0.243 e. The van der Waals surface area contributed by atoms with Gasteiger partial charge in [0.2, 0.25) is 17.7 Å². The first-order valence-corrected chi connectivity index (χ1v) is 11.2. The maximum atomic E-state index is 12.9. The highest BCUT2D eigenvalue weighted by atomic mass is 16.6. The maximum absolute atomic E-state index is 12.9. The van der Waals surface area contributed by atoms with E-state index >= 15 is 0 Å². The number of benzene rings is 1. The molecule has 168 valence electrons. The van der Waals surface area contributed by atoms with Gasteiger partial charge in [-0.25, -0.2) is 0 Å². The Balaban J connectivity index is 1.39. The SMILES string of the molecule is CC(C)[C@H](NC(=O)[C@H]1CC(=O)N(c2ccc3c(c2)OCCO3)C1)C(=O)NC1CCCC1. The molecule has 0 aromatic heterocycles. The van der Waals surface area contributed by atoms with Gasteiger partial charge in [-0.3, -0.25) is 14.4 Å². The zero-order valence-electron chi connectivity index (χ0n) is 18.2. The number of rotatable bonds is 6. The van der Waals surface area contributed by atoms with Gasteiger partial charge in [0.05, 0.1) is 5.92 Å². The van der Waals surface area contributed by atoms with Crippen molar-refractivity contribution in [2.45, 2.75) is 58.0 Å². The van der Waals surface area contributed by atoms with E-state index in [1.54, 1.807) is 23.1 Å². The molecule has 0 unspecified atom stereocenters. The lowest BCUT2D eigenvalue weighted by molar-refractivity contribution is -0.132. The van der Waals surface area contributed by atoms with E-state index in [4.69, 9.17) is 9.47 Å². The molecule has 8 nitrogen and oxygen atoms in total. The van der Waals surface area contributed by atoms with Gasteiger partial charge in [-0.15, -0.1) is 0 Å². The van der Waals surface area contributed by atoms with Crippen LogP contribution in [0.3, 0.4) is 0 Å². The molecule has 0 bridgehead atoms. The van der Waals surface area contributed by atoms with Crippen molar-refractivity contribution in [2.24, 2.45) is 11.8 Å². The summed E-state index contributed by atoms with van der Waals surface area (Å²) in [6, 6.07) is 4.96. The highest BCUT2D eigenvalue weighted by molar-refractivity contribution is 6.01. The largest absolute Gasteiger partial charge is 0.486 e. The number of nitrogens with one attached hydrogen (secondary N) is 2. The summed E-state index contributed by atoms with van der Waals surface area (Å²) in [4.78, 5) is 39.9. The summed E-state index contributed by atoms with van der Waals surface area (Å²) in [7, 11) is 0. The third kappa shape index (κ3) is 4.78. The highest BCUT2D eigenvalue weighted by Gasteiger charge is 2.37. The molecule has 4 rings (SSSR count). The molecule has 0 radical (unpaired) electrons. The fraction of sp³-hybridized carbons (Fsp3) is 0.609. The minimum absolute atomic E-state index is 0.0450. The summed E-state index contributed by atoms with van der Waals surface area (Å²) in [6.07, 6.45) is 4.36. The van der Waals surface area contributed by atoms with Crippen molar-refractivity contribution in [1.29, 1.82) is 0 Å². The van der Waals surface area contributed by atoms with Crippen molar-refractivity contribution in [3.8, 4) is 11.5 Å². The molecule has 1 saturated heterocycles. The van der Waals surface area contributed by atoms with Gasteiger partial charge in [0.15, 0.2) is 11.5 Å². The van der Waals surface area contributed by atoms with E-state index in [-0.39, 0.29) is 42.6 Å². The molecule has 2 heterocycles. The molecule has 0 spiro atoms. The van der Waals surface area contributed by atoms with Crippen LogP contribution in [0.5, 0.6) is 11.5 Å². The standard InChI is InChI=1S/C23H31N3O5/c1-14(2)21(23(29)24-16-5-3-4-6-16)25-22(28)15-11-20(27)26(13-15)17-7-8-18-19(12-17)31-10-9-30-18/h7-8,12,14-16,21H,3-6,9-11,13H2,1-2H3,(H,24,29)(H,25,28)/t15-,21-/m0/s1. The molecule has 31 heavy (non-hydrogen) atoms. The molecule has 1 aromatic rings. The van der Waals surface area contributed by atoms with Crippen LogP contribution in [0.4, 0.5) is 5.69 Å². The Morgan fingerprint density at radius 1 is 1.10 bits per heavy atom. The van der Waals surface area contributed by atoms with Crippen molar-refractivity contribution in [3.63, 3.8) is 0 Å². The average Bonchev–Trinajstić information content (AvgIpc) is 3.40. The summed E-state index contributed by atoms with van der Waals surface area (Å²) in [5.41, 5.74) is 0.684. The highest BCUT2D eigenvalue weighted by Crippen LogP contribution is 2.36. The Morgan fingerprint density at radius 3 is 2.52 bits per heavy atom. The zero-order valence-corrected chi connectivity index (χ0v) is 18.2. The zero-order chi connectivity index (χ0) is 22.0. The summed E-state index contributed by atoms with van der Waals surface area (Å²) in [5, 5.41) is 5.97. The molecular formula is C23H31N3O5. The quantitative estimate of drug-likeness (QED) is 0.721. The lowest BCUT2D eigenvalue weighted by atomic mass is 10.0. The molecule has 2 atom stereocenters. The lowest BCUT2D eigenvalue weighted by Crippen LogP contribution is -2.53. The molecular weight excluding hydrogens is 398 g/mol. The fourth-order valence-corrected chi connectivity index (χ4v) is 4.50. The molecule has 8 heteroatoms. The van der Waals surface area contributed by atoms with Gasteiger partial charge in [0, 0.05) is 30.8 Å². The number of fused-ring (bicyclic) bond motifs is 1. The number of nitrogens with zero attached hydrogens (tertiary/aromatic N) is 1. The smallest absolute Gasteiger partial charge is 0.243 e. The first kappa shape index (κ1) is 21.5. The number of carbonyl (C=O) groups is 3. The van der Waals surface area contributed by atoms with E-state index in [2.05, 4.69) is 10.6 Å². The molecule has 1 aromatic carbocycles. The van der Waals surface area contributed by atoms with Crippen molar-refractivity contribution in [3.05, 3.63) is 18.2 Å². The Kier molecular flexibility index (Phi) is 6.34. The van der Waals surface area contributed by atoms with Gasteiger partial charge >= 0.3 is 0 Å². The Bertz CT molecular complexity index is 850. The molecule has 2 N–H and O–H groups in total. The Hall–Kier alpha value is -2.77. The second-order valence-electron chi connectivity index (χ2n) is 8.95. The van der Waals surface area contributed by atoms with Crippen molar-refractivity contribution >= 4 is 23.4 Å². The number of anilines is 1. The minimum Gasteiger partial charge on any atom is -0.486 e. The normalized spacial score (nSPS) is 22.0. The van der Waals surface area contributed by atoms with Gasteiger partial charge in [0.1, 0.15) is 19.3 Å². The summed E-state index contributed by atoms with van der Waals surface area (Å²) < 4.78 is 11.1. The summed E-state index contributed by atoms with van der Waals surface area (Å²) in [5.74, 6) is 0.208. The van der Waals surface area contributed by atoms with Crippen molar-refractivity contribution in [1.82, 2.24) is 10.6 Å². The van der Waals surface area contributed by atoms with Crippen LogP contribution in [-0.2, 0) is 14.4 Å². The second-order valence-corrected chi connectivity index (χ2v) is 8.95. The third-order valence-electron chi connectivity index (χ3n) is 6.28. The number of carbonyl (C=O) groups excluding carboxylic acids is 3. The molecule has 2 aliphatic heterocycles.